The van der Waals surface area contributed by atoms with Gasteiger partial charge in [0.25, 0.3) is 0 Å². The van der Waals surface area contributed by atoms with Crippen LogP contribution in [0, 0.1) is 11.8 Å². The maximum absolute atomic E-state index is 12.6. The number of rotatable bonds is 7. The average molecular weight is 383 g/mol. The predicted molar refractivity (Wildman–Crippen MR) is 106 cm³/mol. The number of benzene rings is 1. The highest BCUT2D eigenvalue weighted by Crippen LogP contribution is 2.31. The molecule has 1 unspecified atom stereocenters. The minimum absolute atomic E-state index is 0.0139. The first kappa shape index (κ1) is 18.8. The summed E-state index contributed by atoms with van der Waals surface area (Å²) >= 11 is 0. The molecule has 1 aromatic carbocycles. The summed E-state index contributed by atoms with van der Waals surface area (Å²) in [5.41, 5.74) is 1.07. The number of carbonyl (C=O) groups is 1. The van der Waals surface area contributed by atoms with Crippen molar-refractivity contribution in [3.05, 3.63) is 42.0 Å². The van der Waals surface area contributed by atoms with Crippen LogP contribution in [0.1, 0.15) is 37.1 Å². The number of likely N-dealkylation sites (tertiary alicyclic amines) is 1. The van der Waals surface area contributed by atoms with Gasteiger partial charge in [-0.3, -0.25) is 0 Å². The second kappa shape index (κ2) is 8.63. The van der Waals surface area contributed by atoms with Crippen LogP contribution in [0.5, 0.6) is 5.75 Å². The number of carbonyl (C=O) groups excluding carboxylic acids is 1. The van der Waals surface area contributed by atoms with Gasteiger partial charge in [-0.2, -0.15) is 0 Å². The molecule has 2 aliphatic rings. The molecule has 0 spiro atoms. The van der Waals surface area contributed by atoms with Crippen LogP contribution < -0.4 is 10.1 Å². The molecule has 1 saturated carbocycles. The zero-order valence-corrected chi connectivity index (χ0v) is 16.5. The van der Waals surface area contributed by atoms with Crippen LogP contribution in [0.2, 0.25) is 0 Å². The standard InChI is InChI=1S/C21H29N5O2/c1-28-19-8-6-16(7-9-19)12-22-21(27)25-10-2-3-18(14-25)11-20-24-23-15-26(20)13-17-4-5-17/h6-9,15,17-18H,2-5,10-14H2,1H3,(H,22,27). The Hall–Kier alpha value is -2.57. The third-order valence-corrected chi connectivity index (χ3v) is 5.73. The topological polar surface area (TPSA) is 72.3 Å². The van der Waals surface area contributed by atoms with Gasteiger partial charge in [-0.1, -0.05) is 12.1 Å². The van der Waals surface area contributed by atoms with E-state index in [1.165, 1.54) is 12.8 Å². The van der Waals surface area contributed by atoms with Gasteiger partial charge in [-0.25, -0.2) is 4.79 Å². The smallest absolute Gasteiger partial charge is 0.317 e. The third kappa shape index (κ3) is 4.82. The van der Waals surface area contributed by atoms with Gasteiger partial charge in [0.1, 0.15) is 17.9 Å². The fourth-order valence-corrected chi connectivity index (χ4v) is 3.88. The second-order valence-electron chi connectivity index (χ2n) is 8.01. The summed E-state index contributed by atoms with van der Waals surface area (Å²) in [6, 6.07) is 7.79. The zero-order valence-electron chi connectivity index (χ0n) is 16.5. The molecular weight excluding hydrogens is 354 g/mol. The molecule has 2 amide bonds. The number of nitrogens with one attached hydrogen (secondary N) is 1. The highest BCUT2D eigenvalue weighted by atomic mass is 16.5. The van der Waals surface area contributed by atoms with Crippen molar-refractivity contribution in [3.63, 3.8) is 0 Å². The molecule has 1 aromatic heterocycles. The van der Waals surface area contributed by atoms with Gasteiger partial charge in [0.2, 0.25) is 0 Å². The number of nitrogens with zero attached hydrogens (tertiary/aromatic N) is 4. The highest BCUT2D eigenvalue weighted by Gasteiger charge is 2.27. The van der Waals surface area contributed by atoms with Crippen molar-refractivity contribution in [3.8, 4) is 5.75 Å². The lowest BCUT2D eigenvalue weighted by atomic mass is 9.94. The summed E-state index contributed by atoms with van der Waals surface area (Å²) in [4.78, 5) is 14.6. The number of ether oxygens (including phenoxy) is 1. The van der Waals surface area contributed by atoms with E-state index in [0.717, 1.165) is 62.0 Å². The van der Waals surface area contributed by atoms with Crippen LogP contribution >= 0.6 is 0 Å². The first-order valence-electron chi connectivity index (χ1n) is 10.2. The lowest BCUT2D eigenvalue weighted by Gasteiger charge is -2.32. The Labute approximate surface area is 166 Å². The van der Waals surface area contributed by atoms with Crippen molar-refractivity contribution in [1.29, 1.82) is 0 Å². The van der Waals surface area contributed by atoms with Crippen molar-refractivity contribution in [1.82, 2.24) is 25.0 Å². The Balaban J connectivity index is 1.27. The largest absolute Gasteiger partial charge is 0.497 e. The number of urea groups is 1. The van der Waals surface area contributed by atoms with Crippen molar-refractivity contribution in [2.75, 3.05) is 20.2 Å². The number of aromatic nitrogens is 3. The minimum Gasteiger partial charge on any atom is -0.497 e. The van der Waals surface area contributed by atoms with Gasteiger partial charge in [-0.15, -0.1) is 10.2 Å². The Morgan fingerprint density at radius 1 is 1.21 bits per heavy atom. The van der Waals surface area contributed by atoms with Crippen LogP contribution in [-0.4, -0.2) is 45.9 Å². The van der Waals surface area contributed by atoms with Gasteiger partial charge in [0.05, 0.1) is 7.11 Å². The summed E-state index contributed by atoms with van der Waals surface area (Å²) < 4.78 is 7.38. The van der Waals surface area contributed by atoms with Gasteiger partial charge in [0.15, 0.2) is 0 Å². The summed E-state index contributed by atoms with van der Waals surface area (Å²) in [6.07, 6.45) is 7.58. The summed E-state index contributed by atoms with van der Waals surface area (Å²) in [6.45, 7) is 3.17. The Morgan fingerprint density at radius 2 is 2.04 bits per heavy atom. The SMILES string of the molecule is COc1ccc(CNC(=O)N2CCCC(Cc3nncn3CC3CC3)C2)cc1. The van der Waals surface area contributed by atoms with Gasteiger partial charge < -0.3 is 19.5 Å². The molecule has 28 heavy (non-hydrogen) atoms. The van der Waals surface area contributed by atoms with Crippen molar-refractivity contribution in [2.45, 2.75) is 45.2 Å². The van der Waals surface area contributed by atoms with Gasteiger partial charge >= 0.3 is 6.03 Å². The first-order valence-corrected chi connectivity index (χ1v) is 10.2. The van der Waals surface area contributed by atoms with Crippen LogP contribution in [0.25, 0.3) is 0 Å². The van der Waals surface area contributed by atoms with E-state index < -0.39 is 0 Å². The average Bonchev–Trinajstić information content (AvgIpc) is 3.45. The molecule has 2 fully saturated rings. The van der Waals surface area contributed by atoms with Gasteiger partial charge in [0, 0.05) is 32.6 Å². The molecule has 0 radical (unpaired) electrons. The fourth-order valence-electron chi connectivity index (χ4n) is 3.88. The molecule has 1 aliphatic heterocycles. The highest BCUT2D eigenvalue weighted by molar-refractivity contribution is 5.74. The first-order chi connectivity index (χ1) is 13.7. The van der Waals surface area contributed by atoms with E-state index in [-0.39, 0.29) is 6.03 Å². The molecule has 1 N–H and O–H groups in total. The third-order valence-electron chi connectivity index (χ3n) is 5.73. The maximum Gasteiger partial charge on any atom is 0.317 e. The van der Waals surface area contributed by atoms with E-state index in [0.29, 0.717) is 12.5 Å². The summed E-state index contributed by atoms with van der Waals surface area (Å²) in [5, 5.41) is 11.5. The van der Waals surface area contributed by atoms with E-state index in [2.05, 4.69) is 20.1 Å². The number of methoxy groups -OCH3 is 1. The quantitative estimate of drug-likeness (QED) is 0.798. The molecule has 7 heteroatoms. The normalized spacial score (nSPS) is 19.5. The Kier molecular flexibility index (Phi) is 5.78. The lowest BCUT2D eigenvalue weighted by Crippen LogP contribution is -2.45. The molecule has 1 aliphatic carbocycles. The van der Waals surface area contributed by atoms with Gasteiger partial charge in [-0.05, 0) is 55.2 Å². The summed E-state index contributed by atoms with van der Waals surface area (Å²) in [7, 11) is 1.65. The van der Waals surface area contributed by atoms with Crippen LogP contribution in [0.3, 0.4) is 0 Å². The molecule has 0 bridgehead atoms. The van der Waals surface area contributed by atoms with E-state index >= 15 is 0 Å². The number of hydrogen-bond acceptors (Lipinski definition) is 4. The summed E-state index contributed by atoms with van der Waals surface area (Å²) in [5.74, 6) is 3.14. The van der Waals surface area contributed by atoms with Crippen molar-refractivity contribution >= 4 is 6.03 Å². The minimum atomic E-state index is 0.0139. The lowest BCUT2D eigenvalue weighted by molar-refractivity contribution is 0.164. The second-order valence-corrected chi connectivity index (χ2v) is 8.01. The molecule has 7 nitrogen and oxygen atoms in total. The molecule has 2 aromatic rings. The molecule has 1 atom stereocenters. The Morgan fingerprint density at radius 3 is 2.79 bits per heavy atom. The molecule has 1 saturated heterocycles. The maximum atomic E-state index is 12.6. The van der Waals surface area contributed by atoms with Crippen LogP contribution in [0.4, 0.5) is 4.79 Å². The van der Waals surface area contributed by atoms with E-state index in [1.807, 2.05) is 35.5 Å². The number of amides is 2. The monoisotopic (exact) mass is 383 g/mol. The number of hydrogen-bond donors (Lipinski definition) is 1. The van der Waals surface area contributed by atoms with Crippen LogP contribution in [-0.2, 0) is 19.5 Å². The van der Waals surface area contributed by atoms with E-state index in [1.54, 1.807) is 7.11 Å². The molecule has 4 rings (SSSR count). The molecule has 2 heterocycles. The van der Waals surface area contributed by atoms with Crippen molar-refractivity contribution in [2.24, 2.45) is 11.8 Å². The predicted octanol–water partition coefficient (Wildman–Crippen LogP) is 2.86. The molecule has 150 valence electrons. The van der Waals surface area contributed by atoms with Crippen molar-refractivity contribution < 1.29 is 9.53 Å². The molecular formula is C21H29N5O2. The van der Waals surface area contributed by atoms with Crippen LogP contribution in [0.15, 0.2) is 30.6 Å². The zero-order chi connectivity index (χ0) is 19.3. The Bertz CT molecular complexity index is 784. The fraction of sp³-hybridized carbons (Fsp3) is 0.571. The van der Waals surface area contributed by atoms with E-state index in [9.17, 15) is 4.79 Å². The number of piperidine rings is 1. The van der Waals surface area contributed by atoms with E-state index in [4.69, 9.17) is 4.74 Å².